The Morgan fingerprint density at radius 3 is 2.19 bits per heavy atom. The molecule has 0 fully saturated rings. The van der Waals surface area contributed by atoms with E-state index in [0.717, 1.165) is 24.1 Å². The molecule has 1 aliphatic rings. The molecule has 2 N–H and O–H groups in total. The van der Waals surface area contributed by atoms with E-state index >= 15 is 0 Å². The average molecular weight is 499 g/mol. The predicted octanol–water partition coefficient (Wildman–Crippen LogP) is 6.95. The first-order valence-electron chi connectivity index (χ1n) is 12.3. The van der Waals surface area contributed by atoms with Crippen LogP contribution in [0.5, 0.6) is 0 Å². The molecule has 36 heavy (non-hydrogen) atoms. The summed E-state index contributed by atoms with van der Waals surface area (Å²) >= 11 is 0. The fraction of sp³-hybridized carbons (Fsp3) is 0.429. The number of nitrogens with one attached hydrogen (secondary N) is 2. The van der Waals surface area contributed by atoms with E-state index in [1.807, 2.05) is 43.7 Å². The van der Waals surface area contributed by atoms with Crippen LogP contribution < -0.4 is 10.6 Å². The highest BCUT2D eigenvalue weighted by molar-refractivity contribution is 6.00. The summed E-state index contributed by atoms with van der Waals surface area (Å²) in [4.78, 5) is 13.8. The normalized spacial score (nSPS) is 17.3. The molecule has 5 nitrogen and oxygen atoms in total. The van der Waals surface area contributed by atoms with E-state index < -0.39 is 17.3 Å². The maximum atomic E-state index is 13.8. The van der Waals surface area contributed by atoms with Crippen molar-refractivity contribution in [2.45, 2.75) is 77.2 Å². The summed E-state index contributed by atoms with van der Waals surface area (Å²) in [5.41, 5.74) is 0.979. The highest BCUT2D eigenvalue weighted by atomic mass is 19.4. The van der Waals surface area contributed by atoms with E-state index in [1.54, 1.807) is 0 Å². The summed E-state index contributed by atoms with van der Waals surface area (Å²) in [7, 11) is 0. The highest BCUT2D eigenvalue weighted by Gasteiger charge is 2.40. The van der Waals surface area contributed by atoms with Crippen LogP contribution in [0, 0.1) is 6.92 Å². The molecule has 4 rings (SSSR count). The summed E-state index contributed by atoms with van der Waals surface area (Å²) in [5.74, 6) is 0.359. The number of aryl methyl sites for hydroxylation is 1. The van der Waals surface area contributed by atoms with E-state index in [4.69, 9.17) is 5.10 Å². The number of rotatable bonds is 6. The van der Waals surface area contributed by atoms with E-state index in [-0.39, 0.29) is 17.5 Å². The number of alkyl halides is 3. The van der Waals surface area contributed by atoms with Gasteiger partial charge < -0.3 is 10.6 Å². The molecule has 0 saturated carbocycles. The van der Waals surface area contributed by atoms with Crippen LogP contribution in [-0.2, 0) is 17.3 Å². The summed E-state index contributed by atoms with van der Waals surface area (Å²) in [6.07, 6.45) is -2.57. The third-order valence-electron chi connectivity index (χ3n) is 7.40. The van der Waals surface area contributed by atoms with Crippen LogP contribution in [0.2, 0.25) is 0 Å². The van der Waals surface area contributed by atoms with Gasteiger partial charge in [0.25, 0.3) is 5.91 Å². The zero-order chi connectivity index (χ0) is 26.3. The first-order chi connectivity index (χ1) is 16.9. The smallest absolute Gasteiger partial charge is 0.363 e. The van der Waals surface area contributed by atoms with E-state index in [9.17, 15) is 18.0 Å². The molecular formula is C28H33F3N4O. The Bertz CT molecular complexity index is 1230. The molecule has 0 radical (unpaired) electrons. The Balaban J connectivity index is 1.70. The maximum absolute atomic E-state index is 13.8. The second kappa shape index (κ2) is 9.30. The molecule has 192 valence electrons. The molecule has 0 saturated heterocycles. The number of hydrogen-bond donors (Lipinski definition) is 2. The van der Waals surface area contributed by atoms with Gasteiger partial charge in [0, 0.05) is 0 Å². The Hall–Kier alpha value is -3.29. The molecule has 8 heteroatoms. The Morgan fingerprint density at radius 2 is 1.64 bits per heavy atom. The number of carbonyl (C=O) groups is 1. The third kappa shape index (κ3) is 4.61. The lowest BCUT2D eigenvalue weighted by molar-refractivity contribution is -0.137. The number of hydrogen-bond acceptors (Lipinski definition) is 3. The second-order valence-electron chi connectivity index (χ2n) is 10.2. The fourth-order valence-corrected chi connectivity index (χ4v) is 5.22. The van der Waals surface area contributed by atoms with Crippen molar-refractivity contribution in [2.75, 3.05) is 5.32 Å². The SMILES string of the molecule is CCC(CC)(NC(=O)c1c(C)nn2c1NC(c1ccccc1)CC2(C)C)c1ccc(C(F)(F)F)cc1. The van der Waals surface area contributed by atoms with Gasteiger partial charge in [-0.05, 0) is 63.3 Å². The molecule has 3 aromatic rings. The van der Waals surface area contributed by atoms with Crippen LogP contribution in [0.1, 0.15) is 85.7 Å². The molecule has 0 aliphatic carbocycles. The van der Waals surface area contributed by atoms with Crippen LogP contribution in [0.15, 0.2) is 54.6 Å². The molecule has 1 aliphatic heterocycles. The average Bonchev–Trinajstić information content (AvgIpc) is 3.19. The summed E-state index contributed by atoms with van der Waals surface area (Å²) in [6.45, 7) is 9.87. The summed E-state index contributed by atoms with van der Waals surface area (Å²) in [5, 5.41) is 11.4. The van der Waals surface area contributed by atoms with Gasteiger partial charge in [-0.15, -0.1) is 0 Å². The Kier molecular flexibility index (Phi) is 6.66. The zero-order valence-corrected chi connectivity index (χ0v) is 21.3. The van der Waals surface area contributed by atoms with Gasteiger partial charge in [0.05, 0.1) is 28.4 Å². The molecule has 2 heterocycles. The molecule has 1 unspecified atom stereocenters. The lowest BCUT2D eigenvalue weighted by atomic mass is 9.83. The minimum absolute atomic E-state index is 0.00775. The number of aromatic nitrogens is 2. The molecule has 0 bridgehead atoms. The molecule has 1 aromatic heterocycles. The highest BCUT2D eigenvalue weighted by Crippen LogP contribution is 2.41. The van der Waals surface area contributed by atoms with Gasteiger partial charge in [-0.25, -0.2) is 4.68 Å². The van der Waals surface area contributed by atoms with Gasteiger partial charge >= 0.3 is 6.18 Å². The van der Waals surface area contributed by atoms with Crippen LogP contribution in [0.3, 0.4) is 0 Å². The van der Waals surface area contributed by atoms with Crippen molar-refractivity contribution >= 4 is 11.7 Å². The molecule has 1 atom stereocenters. The number of nitrogens with zero attached hydrogens (tertiary/aromatic N) is 2. The van der Waals surface area contributed by atoms with E-state index in [1.165, 1.54) is 12.1 Å². The lowest BCUT2D eigenvalue weighted by Crippen LogP contribution is -2.45. The first kappa shape index (κ1) is 25.8. The van der Waals surface area contributed by atoms with Gasteiger partial charge in [-0.2, -0.15) is 18.3 Å². The second-order valence-corrected chi connectivity index (χ2v) is 10.2. The van der Waals surface area contributed by atoms with Crippen LogP contribution in [0.4, 0.5) is 19.0 Å². The summed E-state index contributed by atoms with van der Waals surface area (Å²) < 4.78 is 41.2. The number of carbonyl (C=O) groups excluding carboxylic acids is 1. The fourth-order valence-electron chi connectivity index (χ4n) is 5.22. The molecule has 2 aromatic carbocycles. The van der Waals surface area contributed by atoms with Gasteiger partial charge in [0.2, 0.25) is 0 Å². The largest absolute Gasteiger partial charge is 0.416 e. The number of anilines is 1. The maximum Gasteiger partial charge on any atom is 0.416 e. The topological polar surface area (TPSA) is 59.0 Å². The van der Waals surface area contributed by atoms with E-state index in [0.29, 0.717) is 35.5 Å². The minimum atomic E-state index is -4.41. The number of fused-ring (bicyclic) bond motifs is 1. The Morgan fingerprint density at radius 1 is 1.06 bits per heavy atom. The molecule has 1 amide bonds. The number of benzene rings is 2. The van der Waals surface area contributed by atoms with Crippen LogP contribution >= 0.6 is 0 Å². The first-order valence-corrected chi connectivity index (χ1v) is 12.3. The van der Waals surface area contributed by atoms with Crippen molar-refractivity contribution in [3.05, 3.63) is 82.5 Å². The van der Waals surface area contributed by atoms with Gasteiger partial charge in [-0.1, -0.05) is 56.3 Å². The van der Waals surface area contributed by atoms with Crippen LogP contribution in [0.25, 0.3) is 0 Å². The monoisotopic (exact) mass is 498 g/mol. The van der Waals surface area contributed by atoms with Crippen molar-refractivity contribution < 1.29 is 18.0 Å². The van der Waals surface area contributed by atoms with Crippen molar-refractivity contribution in [3.8, 4) is 0 Å². The third-order valence-corrected chi connectivity index (χ3v) is 7.40. The lowest BCUT2D eigenvalue weighted by Gasteiger charge is -2.38. The van der Waals surface area contributed by atoms with Gasteiger partial charge in [0.15, 0.2) is 0 Å². The summed E-state index contributed by atoms with van der Waals surface area (Å²) in [6, 6.07) is 15.2. The number of halogens is 3. The quantitative estimate of drug-likeness (QED) is 0.387. The Labute approximate surface area is 210 Å². The predicted molar refractivity (Wildman–Crippen MR) is 135 cm³/mol. The van der Waals surface area contributed by atoms with Crippen molar-refractivity contribution in [1.29, 1.82) is 0 Å². The van der Waals surface area contributed by atoms with Gasteiger partial charge in [-0.3, -0.25) is 4.79 Å². The van der Waals surface area contributed by atoms with Gasteiger partial charge in [0.1, 0.15) is 11.4 Å². The molecular weight excluding hydrogens is 465 g/mol. The van der Waals surface area contributed by atoms with E-state index in [2.05, 4.69) is 36.6 Å². The zero-order valence-electron chi connectivity index (χ0n) is 21.3. The van der Waals surface area contributed by atoms with Crippen molar-refractivity contribution in [1.82, 2.24) is 15.1 Å². The van der Waals surface area contributed by atoms with Crippen molar-refractivity contribution in [3.63, 3.8) is 0 Å². The molecule has 0 spiro atoms. The van der Waals surface area contributed by atoms with Crippen LogP contribution in [-0.4, -0.2) is 15.7 Å². The van der Waals surface area contributed by atoms with Crippen molar-refractivity contribution in [2.24, 2.45) is 0 Å². The minimum Gasteiger partial charge on any atom is -0.363 e. The number of amides is 1. The standard InChI is InChI=1S/C28H33F3N4O/c1-6-27(7-2,20-13-15-21(16-14-20)28(29,30)31)33-25(36)23-18(3)34-35-24(23)32-22(17-26(35,4)5)19-11-9-8-10-12-19/h8-16,22,32H,6-7,17H2,1-5H3,(H,33,36).